The van der Waals surface area contributed by atoms with Crippen LogP contribution in [0.1, 0.15) is 33.6 Å². The van der Waals surface area contributed by atoms with Crippen LogP contribution in [0.2, 0.25) is 0 Å². The van der Waals surface area contributed by atoms with Gasteiger partial charge in [-0.1, -0.05) is 0 Å². The Bertz CT molecular complexity index is 222. The molecule has 1 rings (SSSR count). The molecule has 3 N–H and O–H groups in total. The van der Waals surface area contributed by atoms with Crippen molar-refractivity contribution in [3.8, 4) is 0 Å². The molecule has 4 nitrogen and oxygen atoms in total. The highest BCUT2D eigenvalue weighted by atomic mass is 16.2. The van der Waals surface area contributed by atoms with Crippen LogP contribution < -0.4 is 11.1 Å². The minimum atomic E-state index is -0.0128. The Morgan fingerprint density at radius 3 is 2.38 bits per heavy atom. The molecule has 1 heterocycles. The standard InChI is InChI=1S/C12H25N3O/c1-9(2)14-12(16)10(3)15-6-4-11(8-13)5-7-15/h9-11H,4-8,13H2,1-3H3,(H,14,16). The van der Waals surface area contributed by atoms with E-state index in [0.717, 1.165) is 32.5 Å². The van der Waals surface area contributed by atoms with Crippen molar-refractivity contribution >= 4 is 5.91 Å². The quantitative estimate of drug-likeness (QED) is 0.738. The van der Waals surface area contributed by atoms with E-state index in [4.69, 9.17) is 5.73 Å². The van der Waals surface area contributed by atoms with E-state index < -0.39 is 0 Å². The Morgan fingerprint density at radius 2 is 1.94 bits per heavy atom. The summed E-state index contributed by atoms with van der Waals surface area (Å²) in [6, 6.07) is 0.206. The number of nitrogens with zero attached hydrogens (tertiary/aromatic N) is 1. The number of nitrogens with one attached hydrogen (secondary N) is 1. The molecule has 0 aromatic carbocycles. The Kier molecular flexibility index (Phi) is 5.22. The molecule has 1 atom stereocenters. The monoisotopic (exact) mass is 227 g/mol. The Balaban J connectivity index is 2.37. The number of nitrogens with two attached hydrogens (primary N) is 1. The third kappa shape index (κ3) is 3.76. The van der Waals surface area contributed by atoms with Gasteiger partial charge in [-0.05, 0) is 59.2 Å². The lowest BCUT2D eigenvalue weighted by molar-refractivity contribution is -0.126. The zero-order valence-corrected chi connectivity index (χ0v) is 10.7. The number of amides is 1. The van der Waals surface area contributed by atoms with Gasteiger partial charge in [0.05, 0.1) is 6.04 Å². The second kappa shape index (κ2) is 6.21. The van der Waals surface area contributed by atoms with Gasteiger partial charge in [0.25, 0.3) is 0 Å². The van der Waals surface area contributed by atoms with Gasteiger partial charge in [0.1, 0.15) is 0 Å². The van der Waals surface area contributed by atoms with Crippen LogP contribution in [0, 0.1) is 5.92 Å². The van der Waals surface area contributed by atoms with E-state index in [-0.39, 0.29) is 18.0 Å². The van der Waals surface area contributed by atoms with E-state index in [0.29, 0.717) is 5.92 Å². The lowest BCUT2D eigenvalue weighted by atomic mass is 9.96. The number of rotatable bonds is 4. The highest BCUT2D eigenvalue weighted by Gasteiger charge is 2.25. The summed E-state index contributed by atoms with van der Waals surface area (Å²) in [6.07, 6.45) is 2.24. The highest BCUT2D eigenvalue weighted by molar-refractivity contribution is 5.81. The van der Waals surface area contributed by atoms with Crippen LogP contribution >= 0.6 is 0 Å². The summed E-state index contributed by atoms with van der Waals surface area (Å²) >= 11 is 0. The number of carbonyl (C=O) groups is 1. The molecule has 16 heavy (non-hydrogen) atoms. The molecule has 1 aliphatic rings. The van der Waals surface area contributed by atoms with Gasteiger partial charge in [-0.15, -0.1) is 0 Å². The molecule has 1 aliphatic heterocycles. The molecule has 1 amide bonds. The lowest BCUT2D eigenvalue weighted by Gasteiger charge is -2.35. The van der Waals surface area contributed by atoms with Crippen LogP contribution in [-0.2, 0) is 4.79 Å². The molecule has 1 unspecified atom stereocenters. The second-order valence-corrected chi connectivity index (χ2v) is 5.05. The Labute approximate surface area is 98.6 Å². The van der Waals surface area contributed by atoms with E-state index in [1.165, 1.54) is 0 Å². The van der Waals surface area contributed by atoms with E-state index in [9.17, 15) is 4.79 Å². The molecule has 0 bridgehead atoms. The Hall–Kier alpha value is -0.610. The van der Waals surface area contributed by atoms with E-state index in [2.05, 4.69) is 10.2 Å². The molecule has 0 saturated carbocycles. The summed E-state index contributed by atoms with van der Waals surface area (Å²) in [5, 5.41) is 2.96. The molecule has 4 heteroatoms. The van der Waals surface area contributed by atoms with Gasteiger partial charge < -0.3 is 11.1 Å². The van der Waals surface area contributed by atoms with Gasteiger partial charge in [-0.3, -0.25) is 9.69 Å². The van der Waals surface area contributed by atoms with Crippen molar-refractivity contribution in [1.29, 1.82) is 0 Å². The molecule has 0 aromatic heterocycles. The molecule has 0 aromatic rings. The van der Waals surface area contributed by atoms with Crippen LogP contribution in [0.3, 0.4) is 0 Å². The fourth-order valence-corrected chi connectivity index (χ4v) is 2.15. The molecule has 1 saturated heterocycles. The minimum absolute atomic E-state index is 0.0128. The number of hydrogen-bond acceptors (Lipinski definition) is 3. The smallest absolute Gasteiger partial charge is 0.237 e. The minimum Gasteiger partial charge on any atom is -0.353 e. The van der Waals surface area contributed by atoms with Crippen molar-refractivity contribution in [2.75, 3.05) is 19.6 Å². The second-order valence-electron chi connectivity index (χ2n) is 5.05. The molecule has 1 fully saturated rings. The van der Waals surface area contributed by atoms with Gasteiger partial charge in [0.2, 0.25) is 5.91 Å². The predicted molar refractivity (Wildman–Crippen MR) is 66.1 cm³/mol. The fourth-order valence-electron chi connectivity index (χ4n) is 2.15. The van der Waals surface area contributed by atoms with Gasteiger partial charge in [0.15, 0.2) is 0 Å². The third-order valence-electron chi connectivity index (χ3n) is 3.34. The van der Waals surface area contributed by atoms with Crippen LogP contribution in [-0.4, -0.2) is 42.5 Å². The first-order valence-electron chi connectivity index (χ1n) is 6.29. The molecule has 94 valence electrons. The average molecular weight is 227 g/mol. The summed E-state index contributed by atoms with van der Waals surface area (Å²) < 4.78 is 0. The number of hydrogen-bond donors (Lipinski definition) is 2. The SMILES string of the molecule is CC(C)NC(=O)C(C)N1CCC(CN)CC1. The van der Waals surface area contributed by atoms with Crippen LogP contribution in [0.5, 0.6) is 0 Å². The van der Waals surface area contributed by atoms with Crippen molar-refractivity contribution in [2.45, 2.75) is 45.7 Å². The molecular formula is C12H25N3O. The lowest BCUT2D eigenvalue weighted by Crippen LogP contribution is -2.50. The summed E-state index contributed by atoms with van der Waals surface area (Å²) in [5.74, 6) is 0.790. The van der Waals surface area contributed by atoms with Crippen molar-refractivity contribution in [2.24, 2.45) is 11.7 Å². The van der Waals surface area contributed by atoms with Crippen molar-refractivity contribution < 1.29 is 4.79 Å². The first kappa shape index (κ1) is 13.5. The van der Waals surface area contributed by atoms with Crippen LogP contribution in [0.4, 0.5) is 0 Å². The summed E-state index contributed by atoms with van der Waals surface area (Å²) in [6.45, 7) is 8.74. The van der Waals surface area contributed by atoms with Gasteiger partial charge in [0, 0.05) is 6.04 Å². The van der Waals surface area contributed by atoms with Gasteiger partial charge >= 0.3 is 0 Å². The summed E-state index contributed by atoms with van der Waals surface area (Å²) in [7, 11) is 0. The normalized spacial score (nSPS) is 21.1. The van der Waals surface area contributed by atoms with Crippen molar-refractivity contribution in [1.82, 2.24) is 10.2 Å². The molecule has 0 spiro atoms. The topological polar surface area (TPSA) is 58.4 Å². The maximum atomic E-state index is 11.8. The highest BCUT2D eigenvalue weighted by Crippen LogP contribution is 2.17. The zero-order valence-electron chi connectivity index (χ0n) is 10.7. The van der Waals surface area contributed by atoms with Gasteiger partial charge in [-0.25, -0.2) is 0 Å². The Morgan fingerprint density at radius 1 is 1.38 bits per heavy atom. The summed E-state index contributed by atoms with van der Waals surface area (Å²) in [4.78, 5) is 14.1. The zero-order chi connectivity index (χ0) is 12.1. The number of piperidine rings is 1. The molecular weight excluding hydrogens is 202 g/mol. The maximum absolute atomic E-state index is 11.8. The number of carbonyl (C=O) groups excluding carboxylic acids is 1. The largest absolute Gasteiger partial charge is 0.353 e. The van der Waals surface area contributed by atoms with Crippen LogP contribution in [0.15, 0.2) is 0 Å². The van der Waals surface area contributed by atoms with E-state index in [1.54, 1.807) is 0 Å². The summed E-state index contributed by atoms with van der Waals surface area (Å²) in [5.41, 5.74) is 5.65. The van der Waals surface area contributed by atoms with Crippen molar-refractivity contribution in [3.63, 3.8) is 0 Å². The predicted octanol–water partition coefficient (Wildman–Crippen LogP) is 0.570. The fraction of sp³-hybridized carbons (Fsp3) is 0.917. The van der Waals surface area contributed by atoms with Gasteiger partial charge in [-0.2, -0.15) is 0 Å². The van der Waals surface area contributed by atoms with E-state index in [1.807, 2.05) is 20.8 Å². The van der Waals surface area contributed by atoms with Crippen molar-refractivity contribution in [3.05, 3.63) is 0 Å². The first-order valence-corrected chi connectivity index (χ1v) is 6.29. The van der Waals surface area contributed by atoms with E-state index >= 15 is 0 Å². The average Bonchev–Trinajstić information content (AvgIpc) is 2.27. The first-order chi connectivity index (χ1) is 7.54. The number of likely N-dealkylation sites (tertiary alicyclic amines) is 1. The maximum Gasteiger partial charge on any atom is 0.237 e. The molecule has 0 aliphatic carbocycles. The molecule has 0 radical (unpaired) electrons. The third-order valence-corrected chi connectivity index (χ3v) is 3.34. The van der Waals surface area contributed by atoms with Crippen LogP contribution in [0.25, 0.3) is 0 Å².